The molecule has 1 aromatic carbocycles. The predicted molar refractivity (Wildman–Crippen MR) is 70.8 cm³/mol. The molecule has 104 valence electrons. The van der Waals surface area contributed by atoms with Gasteiger partial charge in [-0.3, -0.25) is 4.79 Å². The monoisotopic (exact) mass is 273 g/mol. The van der Waals surface area contributed by atoms with E-state index < -0.39 is 0 Å². The number of benzene rings is 1. The smallest absolute Gasteiger partial charge is 0.251 e. The lowest BCUT2D eigenvalue weighted by atomic mass is 10.1. The summed E-state index contributed by atoms with van der Waals surface area (Å²) in [7, 11) is 0. The van der Waals surface area contributed by atoms with Crippen molar-refractivity contribution in [3.63, 3.8) is 0 Å². The molecule has 1 heterocycles. The van der Waals surface area contributed by atoms with Crippen molar-refractivity contribution < 1.29 is 14.4 Å². The van der Waals surface area contributed by atoms with Crippen molar-refractivity contribution in [1.82, 2.24) is 15.5 Å². The van der Waals surface area contributed by atoms with E-state index in [9.17, 15) is 9.90 Å². The van der Waals surface area contributed by atoms with Gasteiger partial charge in [-0.15, -0.1) is 0 Å². The lowest BCUT2D eigenvalue weighted by Gasteiger charge is -2.12. The molecule has 1 fully saturated rings. The summed E-state index contributed by atoms with van der Waals surface area (Å²) < 4.78 is 4.68. The lowest BCUT2D eigenvalue weighted by Crippen LogP contribution is -2.31. The molecule has 3 rings (SSSR count). The molecular formula is C14H15N3O3. The molecule has 0 bridgehead atoms. The van der Waals surface area contributed by atoms with Crippen molar-refractivity contribution in [2.45, 2.75) is 12.8 Å². The van der Waals surface area contributed by atoms with Crippen molar-refractivity contribution in [3.05, 3.63) is 36.2 Å². The standard InChI is InChI=1S/C14H15N3O3/c18-8-14(5-6-14)7-15-13(19)11-3-1-10(2-4-11)12-16-9-20-17-12/h1-4,9,18H,5-8H2,(H,15,19). The highest BCUT2D eigenvalue weighted by Gasteiger charge is 2.42. The maximum absolute atomic E-state index is 12.0. The summed E-state index contributed by atoms with van der Waals surface area (Å²) in [6, 6.07) is 7.00. The second kappa shape index (κ2) is 5.05. The van der Waals surface area contributed by atoms with E-state index in [-0.39, 0.29) is 17.9 Å². The van der Waals surface area contributed by atoms with E-state index in [4.69, 9.17) is 0 Å². The lowest BCUT2D eigenvalue weighted by molar-refractivity contribution is 0.0935. The van der Waals surface area contributed by atoms with Gasteiger partial charge >= 0.3 is 0 Å². The van der Waals surface area contributed by atoms with Crippen LogP contribution in [0.1, 0.15) is 23.2 Å². The Hall–Kier alpha value is -2.21. The van der Waals surface area contributed by atoms with Crippen LogP contribution in [0.15, 0.2) is 35.2 Å². The highest BCUT2D eigenvalue weighted by molar-refractivity contribution is 5.94. The van der Waals surface area contributed by atoms with Gasteiger partial charge in [0, 0.05) is 23.1 Å². The minimum Gasteiger partial charge on any atom is -0.396 e. The highest BCUT2D eigenvalue weighted by atomic mass is 16.5. The van der Waals surface area contributed by atoms with Gasteiger partial charge in [-0.05, 0) is 25.0 Å². The van der Waals surface area contributed by atoms with E-state index in [1.54, 1.807) is 24.3 Å². The van der Waals surface area contributed by atoms with Crippen molar-refractivity contribution in [3.8, 4) is 11.4 Å². The molecule has 0 spiro atoms. The van der Waals surface area contributed by atoms with Crippen molar-refractivity contribution in [2.75, 3.05) is 13.2 Å². The Bertz CT molecular complexity index is 589. The quantitative estimate of drug-likeness (QED) is 0.855. The number of rotatable bonds is 5. The number of hydrogen-bond donors (Lipinski definition) is 2. The van der Waals surface area contributed by atoms with Crippen LogP contribution in [0.4, 0.5) is 0 Å². The summed E-state index contributed by atoms with van der Waals surface area (Å²) in [5, 5.41) is 15.8. The maximum atomic E-state index is 12.0. The number of amides is 1. The molecule has 1 aliphatic rings. The molecule has 0 unspecified atom stereocenters. The van der Waals surface area contributed by atoms with E-state index in [0.717, 1.165) is 18.4 Å². The second-order valence-corrected chi connectivity index (χ2v) is 5.17. The number of hydrogen-bond acceptors (Lipinski definition) is 5. The molecule has 2 N–H and O–H groups in total. The van der Waals surface area contributed by atoms with Gasteiger partial charge in [-0.25, -0.2) is 0 Å². The van der Waals surface area contributed by atoms with E-state index in [0.29, 0.717) is 17.9 Å². The Kier molecular flexibility index (Phi) is 3.23. The Morgan fingerprint density at radius 3 is 2.65 bits per heavy atom. The fraction of sp³-hybridized carbons (Fsp3) is 0.357. The maximum Gasteiger partial charge on any atom is 0.251 e. The number of carbonyl (C=O) groups is 1. The molecule has 0 atom stereocenters. The third-order valence-corrected chi connectivity index (χ3v) is 3.68. The zero-order valence-electron chi connectivity index (χ0n) is 10.9. The number of aliphatic hydroxyl groups excluding tert-OH is 1. The Balaban J connectivity index is 1.64. The van der Waals surface area contributed by atoms with Crippen LogP contribution in [0.3, 0.4) is 0 Å². The van der Waals surface area contributed by atoms with Crippen molar-refractivity contribution >= 4 is 5.91 Å². The topological polar surface area (TPSA) is 88.2 Å². The highest BCUT2D eigenvalue weighted by Crippen LogP contribution is 2.44. The van der Waals surface area contributed by atoms with Gasteiger partial charge in [0.2, 0.25) is 12.2 Å². The van der Waals surface area contributed by atoms with Crippen LogP contribution in [0.25, 0.3) is 11.4 Å². The minimum atomic E-state index is -0.135. The summed E-state index contributed by atoms with van der Waals surface area (Å²) in [5.74, 6) is 0.360. The van der Waals surface area contributed by atoms with E-state index in [2.05, 4.69) is 20.0 Å². The number of nitrogens with one attached hydrogen (secondary N) is 1. The third kappa shape index (κ3) is 2.55. The predicted octanol–water partition coefficient (Wildman–Crippen LogP) is 1.24. The molecule has 0 saturated heterocycles. The van der Waals surface area contributed by atoms with Crippen molar-refractivity contribution in [1.29, 1.82) is 0 Å². The first-order chi connectivity index (χ1) is 9.72. The molecule has 0 aliphatic heterocycles. The zero-order valence-corrected chi connectivity index (χ0v) is 10.9. The van der Waals surface area contributed by atoms with Gasteiger partial charge in [-0.1, -0.05) is 17.3 Å². The molecule has 1 aliphatic carbocycles. The molecule has 1 amide bonds. The first kappa shape index (κ1) is 12.8. The summed E-state index contributed by atoms with van der Waals surface area (Å²) in [6.07, 6.45) is 3.21. The summed E-state index contributed by atoms with van der Waals surface area (Å²) in [6.45, 7) is 0.652. The van der Waals surface area contributed by atoms with E-state index in [1.165, 1.54) is 6.39 Å². The van der Waals surface area contributed by atoms with Gasteiger partial charge in [-0.2, -0.15) is 4.98 Å². The molecule has 2 aromatic rings. The van der Waals surface area contributed by atoms with Crippen LogP contribution in [0.2, 0.25) is 0 Å². The average molecular weight is 273 g/mol. The van der Waals surface area contributed by atoms with Gasteiger partial charge in [0.05, 0.1) is 6.61 Å². The Morgan fingerprint density at radius 1 is 1.35 bits per heavy atom. The summed E-state index contributed by atoms with van der Waals surface area (Å²) >= 11 is 0. The molecule has 6 heteroatoms. The molecule has 6 nitrogen and oxygen atoms in total. The van der Waals surface area contributed by atoms with Gasteiger partial charge in [0.1, 0.15) is 0 Å². The van der Waals surface area contributed by atoms with Gasteiger partial charge < -0.3 is 14.9 Å². The Morgan fingerprint density at radius 2 is 2.10 bits per heavy atom. The van der Waals surface area contributed by atoms with Crippen LogP contribution in [-0.4, -0.2) is 34.3 Å². The molecule has 20 heavy (non-hydrogen) atoms. The fourth-order valence-electron chi connectivity index (χ4n) is 2.01. The zero-order chi connectivity index (χ0) is 14.0. The fourth-order valence-corrected chi connectivity index (χ4v) is 2.01. The number of carbonyl (C=O) groups excluding carboxylic acids is 1. The Labute approximate surface area is 115 Å². The van der Waals surface area contributed by atoms with Crippen LogP contribution in [0, 0.1) is 5.41 Å². The van der Waals surface area contributed by atoms with E-state index in [1.807, 2.05) is 0 Å². The second-order valence-electron chi connectivity index (χ2n) is 5.17. The molecule has 1 aromatic heterocycles. The first-order valence-electron chi connectivity index (χ1n) is 6.48. The van der Waals surface area contributed by atoms with E-state index >= 15 is 0 Å². The third-order valence-electron chi connectivity index (χ3n) is 3.68. The van der Waals surface area contributed by atoms with Gasteiger partial charge in [0.15, 0.2) is 0 Å². The largest absolute Gasteiger partial charge is 0.396 e. The number of aliphatic hydroxyl groups is 1. The van der Waals surface area contributed by atoms with Crippen LogP contribution in [-0.2, 0) is 0 Å². The molecule has 0 radical (unpaired) electrons. The normalized spacial score (nSPS) is 15.8. The van der Waals surface area contributed by atoms with Crippen LogP contribution in [0.5, 0.6) is 0 Å². The number of aromatic nitrogens is 2. The van der Waals surface area contributed by atoms with Crippen LogP contribution >= 0.6 is 0 Å². The summed E-state index contributed by atoms with van der Waals surface area (Å²) in [5.41, 5.74) is 1.29. The first-order valence-corrected chi connectivity index (χ1v) is 6.48. The summed E-state index contributed by atoms with van der Waals surface area (Å²) in [4.78, 5) is 15.9. The molecule has 1 saturated carbocycles. The SMILES string of the molecule is O=C(NCC1(CO)CC1)c1ccc(-c2ncon2)cc1. The molecular weight excluding hydrogens is 258 g/mol. The average Bonchev–Trinajstić information content (AvgIpc) is 3.07. The van der Waals surface area contributed by atoms with Gasteiger partial charge in [0.25, 0.3) is 5.91 Å². The number of nitrogens with zero attached hydrogens (tertiary/aromatic N) is 2. The van der Waals surface area contributed by atoms with Crippen LogP contribution < -0.4 is 5.32 Å². The van der Waals surface area contributed by atoms with Crippen molar-refractivity contribution in [2.24, 2.45) is 5.41 Å². The minimum absolute atomic E-state index is 0.0831.